The van der Waals surface area contributed by atoms with Crippen LogP contribution in [0.5, 0.6) is 0 Å². The summed E-state index contributed by atoms with van der Waals surface area (Å²) in [6.45, 7) is 4.65. The summed E-state index contributed by atoms with van der Waals surface area (Å²) >= 11 is 0. The van der Waals surface area contributed by atoms with Crippen molar-refractivity contribution in [2.24, 2.45) is 5.92 Å². The van der Waals surface area contributed by atoms with Crippen molar-refractivity contribution in [3.05, 3.63) is 24.2 Å². The van der Waals surface area contributed by atoms with Gasteiger partial charge < -0.3 is 9.73 Å². The zero-order valence-corrected chi connectivity index (χ0v) is 11.1. The molecule has 4 nitrogen and oxygen atoms in total. The maximum atomic E-state index is 11.6. The van der Waals surface area contributed by atoms with E-state index in [4.69, 9.17) is 4.42 Å². The molecule has 0 fully saturated rings. The fourth-order valence-corrected chi connectivity index (χ4v) is 1.67. The predicted octanol–water partition coefficient (Wildman–Crippen LogP) is 2.04. The van der Waals surface area contributed by atoms with Gasteiger partial charge in [0.15, 0.2) is 0 Å². The highest BCUT2D eigenvalue weighted by Gasteiger charge is 2.17. The molecule has 0 saturated heterocycles. The van der Waals surface area contributed by atoms with Gasteiger partial charge in [-0.1, -0.05) is 13.8 Å². The van der Waals surface area contributed by atoms with Crippen molar-refractivity contribution in [1.82, 2.24) is 10.2 Å². The van der Waals surface area contributed by atoms with Crippen LogP contribution in [0.1, 0.15) is 32.1 Å². The number of carbonyl (C=O) groups is 1. The number of hydrogen-bond donors (Lipinski definition) is 1. The summed E-state index contributed by atoms with van der Waals surface area (Å²) in [6.07, 6.45) is 2.22. The standard InChI is InChI=1S/C13H22N2O2/c1-10(2)8-13(16)14-9-11(15(3)4)12-6-5-7-17-12/h5-7,10-11H,8-9H2,1-4H3,(H,14,16)/t11-/m0/s1. The Morgan fingerprint density at radius 1 is 1.47 bits per heavy atom. The van der Waals surface area contributed by atoms with Crippen LogP contribution in [-0.2, 0) is 4.79 Å². The third-order valence-electron chi connectivity index (χ3n) is 2.58. The summed E-state index contributed by atoms with van der Waals surface area (Å²) in [5.41, 5.74) is 0. The molecule has 0 bridgehead atoms. The SMILES string of the molecule is CC(C)CC(=O)NC[C@@H](c1ccco1)N(C)C. The summed E-state index contributed by atoms with van der Waals surface area (Å²) in [7, 11) is 3.95. The molecule has 1 heterocycles. The lowest BCUT2D eigenvalue weighted by molar-refractivity contribution is -0.122. The van der Waals surface area contributed by atoms with Crippen LogP contribution in [0.15, 0.2) is 22.8 Å². The second-order valence-corrected chi connectivity index (χ2v) is 4.90. The van der Waals surface area contributed by atoms with Gasteiger partial charge in [-0.05, 0) is 32.1 Å². The topological polar surface area (TPSA) is 45.5 Å². The highest BCUT2D eigenvalue weighted by Crippen LogP contribution is 2.17. The first-order valence-corrected chi connectivity index (χ1v) is 5.97. The molecule has 1 rings (SSSR count). The molecule has 4 heteroatoms. The lowest BCUT2D eigenvalue weighted by Gasteiger charge is -2.22. The maximum Gasteiger partial charge on any atom is 0.220 e. The molecule has 1 aromatic rings. The second kappa shape index (κ2) is 6.45. The summed E-state index contributed by atoms with van der Waals surface area (Å²) in [6, 6.07) is 3.88. The molecule has 0 unspecified atom stereocenters. The monoisotopic (exact) mass is 238 g/mol. The minimum Gasteiger partial charge on any atom is -0.468 e. The third kappa shape index (κ3) is 4.61. The summed E-state index contributed by atoms with van der Waals surface area (Å²) in [5.74, 6) is 1.36. The minimum atomic E-state index is 0.0844. The number of likely N-dealkylation sites (N-methyl/N-ethyl adjacent to an activating group) is 1. The van der Waals surface area contributed by atoms with Crippen LogP contribution < -0.4 is 5.32 Å². The van der Waals surface area contributed by atoms with Gasteiger partial charge in [0.05, 0.1) is 12.3 Å². The molecule has 0 radical (unpaired) electrons. The van der Waals surface area contributed by atoms with Gasteiger partial charge >= 0.3 is 0 Å². The molecule has 17 heavy (non-hydrogen) atoms. The van der Waals surface area contributed by atoms with Gasteiger partial charge in [0.1, 0.15) is 5.76 Å². The Bertz CT molecular complexity index is 331. The largest absolute Gasteiger partial charge is 0.468 e. The van der Waals surface area contributed by atoms with E-state index in [0.29, 0.717) is 18.9 Å². The first kappa shape index (κ1) is 13.8. The predicted molar refractivity (Wildman–Crippen MR) is 67.6 cm³/mol. The summed E-state index contributed by atoms with van der Waals surface area (Å²) in [5, 5.41) is 2.94. The third-order valence-corrected chi connectivity index (χ3v) is 2.58. The normalized spacial score (nSPS) is 13.1. The van der Waals surface area contributed by atoms with Crippen molar-refractivity contribution in [2.45, 2.75) is 26.3 Å². The summed E-state index contributed by atoms with van der Waals surface area (Å²) in [4.78, 5) is 13.6. The van der Waals surface area contributed by atoms with Crippen LogP contribution in [0.2, 0.25) is 0 Å². The Morgan fingerprint density at radius 3 is 2.65 bits per heavy atom. The van der Waals surface area contributed by atoms with Gasteiger partial charge in [0.2, 0.25) is 5.91 Å². The average Bonchev–Trinajstić information content (AvgIpc) is 2.69. The van der Waals surface area contributed by atoms with Gasteiger partial charge in [-0.25, -0.2) is 0 Å². The van der Waals surface area contributed by atoms with Crippen LogP contribution in [0.4, 0.5) is 0 Å². The Balaban J connectivity index is 2.49. The van der Waals surface area contributed by atoms with Crippen LogP contribution in [0, 0.1) is 5.92 Å². The smallest absolute Gasteiger partial charge is 0.220 e. The van der Waals surface area contributed by atoms with Crippen LogP contribution >= 0.6 is 0 Å². The summed E-state index contributed by atoms with van der Waals surface area (Å²) < 4.78 is 5.38. The van der Waals surface area contributed by atoms with E-state index < -0.39 is 0 Å². The van der Waals surface area contributed by atoms with Gasteiger partial charge in [-0.3, -0.25) is 9.69 Å². The Morgan fingerprint density at radius 2 is 2.18 bits per heavy atom. The van der Waals surface area contributed by atoms with E-state index in [1.807, 2.05) is 45.0 Å². The number of nitrogens with one attached hydrogen (secondary N) is 1. The number of carbonyl (C=O) groups excluding carboxylic acids is 1. The fourth-order valence-electron chi connectivity index (χ4n) is 1.67. The molecule has 1 amide bonds. The van der Waals surface area contributed by atoms with Crippen molar-refractivity contribution in [2.75, 3.05) is 20.6 Å². The quantitative estimate of drug-likeness (QED) is 0.825. The van der Waals surface area contributed by atoms with Gasteiger partial charge in [0, 0.05) is 13.0 Å². The van der Waals surface area contributed by atoms with Crippen molar-refractivity contribution < 1.29 is 9.21 Å². The molecule has 1 aromatic heterocycles. The van der Waals surface area contributed by atoms with E-state index in [9.17, 15) is 4.79 Å². The molecule has 0 saturated carbocycles. The second-order valence-electron chi connectivity index (χ2n) is 4.90. The number of amides is 1. The van der Waals surface area contributed by atoms with Gasteiger partial charge in [-0.15, -0.1) is 0 Å². The van der Waals surface area contributed by atoms with E-state index in [0.717, 1.165) is 5.76 Å². The van der Waals surface area contributed by atoms with Crippen LogP contribution in [-0.4, -0.2) is 31.4 Å². The van der Waals surface area contributed by atoms with Crippen LogP contribution in [0.3, 0.4) is 0 Å². The number of furan rings is 1. The lowest BCUT2D eigenvalue weighted by Crippen LogP contribution is -2.34. The molecular formula is C13H22N2O2. The first-order chi connectivity index (χ1) is 8.00. The zero-order chi connectivity index (χ0) is 12.8. The highest BCUT2D eigenvalue weighted by molar-refractivity contribution is 5.76. The molecule has 0 aromatic carbocycles. The molecule has 0 spiro atoms. The Labute approximate surface area is 103 Å². The molecule has 1 atom stereocenters. The number of hydrogen-bond acceptors (Lipinski definition) is 3. The van der Waals surface area contributed by atoms with Crippen molar-refractivity contribution in [3.8, 4) is 0 Å². The average molecular weight is 238 g/mol. The van der Waals surface area contributed by atoms with E-state index in [-0.39, 0.29) is 11.9 Å². The van der Waals surface area contributed by atoms with Crippen molar-refractivity contribution in [1.29, 1.82) is 0 Å². The maximum absolute atomic E-state index is 11.6. The van der Waals surface area contributed by atoms with E-state index >= 15 is 0 Å². The Kier molecular flexibility index (Phi) is 5.22. The number of nitrogens with zero attached hydrogens (tertiary/aromatic N) is 1. The zero-order valence-electron chi connectivity index (χ0n) is 11.1. The molecule has 1 N–H and O–H groups in total. The number of rotatable bonds is 6. The molecular weight excluding hydrogens is 216 g/mol. The molecule has 96 valence electrons. The van der Waals surface area contributed by atoms with Crippen LogP contribution in [0.25, 0.3) is 0 Å². The molecule has 0 aliphatic rings. The first-order valence-electron chi connectivity index (χ1n) is 5.97. The highest BCUT2D eigenvalue weighted by atomic mass is 16.3. The minimum absolute atomic E-state index is 0.0844. The van der Waals surface area contributed by atoms with Crippen molar-refractivity contribution >= 4 is 5.91 Å². The molecule has 0 aliphatic heterocycles. The Hall–Kier alpha value is -1.29. The van der Waals surface area contributed by atoms with E-state index in [2.05, 4.69) is 5.32 Å². The van der Waals surface area contributed by atoms with E-state index in [1.54, 1.807) is 6.26 Å². The molecule has 0 aliphatic carbocycles. The lowest BCUT2D eigenvalue weighted by atomic mass is 10.1. The van der Waals surface area contributed by atoms with E-state index in [1.165, 1.54) is 0 Å². The fraction of sp³-hybridized carbons (Fsp3) is 0.615. The van der Waals surface area contributed by atoms with Gasteiger partial charge in [-0.2, -0.15) is 0 Å². The van der Waals surface area contributed by atoms with Crippen molar-refractivity contribution in [3.63, 3.8) is 0 Å². The van der Waals surface area contributed by atoms with Gasteiger partial charge in [0.25, 0.3) is 0 Å².